The third-order valence-corrected chi connectivity index (χ3v) is 3.50. The Morgan fingerprint density at radius 3 is 2.36 bits per heavy atom. The smallest absolute Gasteiger partial charge is 0.313 e. The molecule has 0 aliphatic carbocycles. The maximum Gasteiger partial charge on any atom is 0.313 e. The van der Waals surface area contributed by atoms with Crippen LogP contribution in [0.5, 0.6) is 11.5 Å². The fraction of sp³-hybridized carbons (Fsp3) is 0.500. The van der Waals surface area contributed by atoms with Crippen molar-refractivity contribution in [2.45, 2.75) is 32.3 Å². The van der Waals surface area contributed by atoms with Gasteiger partial charge in [0.05, 0.1) is 20.3 Å². The molecule has 0 aromatic heterocycles. The van der Waals surface area contributed by atoms with Crippen LogP contribution in [0.2, 0.25) is 0 Å². The van der Waals surface area contributed by atoms with Crippen molar-refractivity contribution in [2.24, 2.45) is 5.92 Å². The van der Waals surface area contributed by atoms with E-state index in [2.05, 4.69) is 0 Å². The fourth-order valence-electron chi connectivity index (χ4n) is 2.02. The minimum absolute atomic E-state index is 0.152. The second-order valence-corrected chi connectivity index (χ2v) is 5.11. The predicted molar refractivity (Wildman–Crippen MR) is 80.3 cm³/mol. The highest BCUT2D eigenvalue weighted by Gasteiger charge is 2.22. The fourth-order valence-corrected chi connectivity index (χ4v) is 2.02. The van der Waals surface area contributed by atoms with Crippen molar-refractivity contribution < 1.29 is 29.3 Å². The number of hydrogen-bond donors (Lipinski definition) is 2. The van der Waals surface area contributed by atoms with Gasteiger partial charge in [0.25, 0.3) is 0 Å². The van der Waals surface area contributed by atoms with Crippen LogP contribution < -0.4 is 9.47 Å². The highest BCUT2D eigenvalue weighted by atomic mass is 16.5. The topological polar surface area (TPSA) is 93.1 Å². The molecule has 2 atom stereocenters. The van der Waals surface area contributed by atoms with E-state index in [-0.39, 0.29) is 6.42 Å². The third kappa shape index (κ3) is 5.04. The molecular formula is C16H22O6. The van der Waals surface area contributed by atoms with E-state index in [0.717, 1.165) is 5.56 Å². The molecule has 0 spiro atoms. The summed E-state index contributed by atoms with van der Waals surface area (Å²) in [5.41, 5.74) is 0.940. The van der Waals surface area contributed by atoms with Gasteiger partial charge >= 0.3 is 5.97 Å². The molecule has 0 saturated heterocycles. The Morgan fingerprint density at radius 2 is 1.82 bits per heavy atom. The summed E-state index contributed by atoms with van der Waals surface area (Å²) >= 11 is 0. The van der Waals surface area contributed by atoms with Gasteiger partial charge in [0.15, 0.2) is 11.5 Å². The van der Waals surface area contributed by atoms with E-state index in [1.54, 1.807) is 20.3 Å². The van der Waals surface area contributed by atoms with Gasteiger partial charge in [-0.25, -0.2) is 0 Å². The molecule has 2 N–H and O–H groups in total. The Balaban J connectivity index is 2.55. The number of aliphatic hydroxyl groups is 1. The van der Waals surface area contributed by atoms with Gasteiger partial charge in [-0.1, -0.05) is 6.07 Å². The average molecular weight is 310 g/mol. The average Bonchev–Trinajstić information content (AvgIpc) is 2.51. The number of aliphatic hydroxyl groups excluding tert-OH is 1. The lowest BCUT2D eigenvalue weighted by Gasteiger charge is -2.13. The normalized spacial score (nSPS) is 13.3. The van der Waals surface area contributed by atoms with E-state index >= 15 is 0 Å². The molecule has 0 amide bonds. The van der Waals surface area contributed by atoms with Crippen LogP contribution in [0.15, 0.2) is 18.2 Å². The molecule has 0 aliphatic rings. The zero-order valence-corrected chi connectivity index (χ0v) is 13.0. The van der Waals surface area contributed by atoms with E-state index in [9.17, 15) is 14.7 Å². The molecule has 0 saturated carbocycles. The lowest BCUT2D eigenvalue weighted by atomic mass is 9.97. The van der Waals surface area contributed by atoms with Crippen molar-refractivity contribution in [2.75, 3.05) is 14.2 Å². The maximum absolute atomic E-state index is 11.6. The molecule has 0 aliphatic heterocycles. The number of carbonyl (C=O) groups is 2. The molecular weight excluding hydrogens is 288 g/mol. The van der Waals surface area contributed by atoms with Crippen LogP contribution in [0.1, 0.15) is 25.3 Å². The van der Waals surface area contributed by atoms with Crippen LogP contribution in [-0.2, 0) is 16.0 Å². The zero-order chi connectivity index (χ0) is 16.7. The van der Waals surface area contributed by atoms with Crippen molar-refractivity contribution >= 4 is 11.8 Å². The van der Waals surface area contributed by atoms with Gasteiger partial charge in [0.2, 0.25) is 0 Å². The summed E-state index contributed by atoms with van der Waals surface area (Å²) < 4.78 is 10.3. The standard InChI is InChI=1S/C16H22O6/c1-10(16(19)20)13(18)9-12(17)6-4-11-5-7-14(21-2)15(8-11)22-3/h5,7-8,10,12,17H,4,6,9H2,1-3H3,(H,19,20). The number of ether oxygens (including phenoxy) is 2. The number of ketones is 1. The first-order chi connectivity index (χ1) is 10.4. The molecule has 1 aromatic rings. The van der Waals surface area contributed by atoms with Crippen LogP contribution in [0, 0.1) is 5.92 Å². The first kappa shape index (κ1) is 18.0. The number of aryl methyl sites for hydroxylation is 1. The van der Waals surface area contributed by atoms with Gasteiger partial charge in [-0.15, -0.1) is 0 Å². The maximum atomic E-state index is 11.6. The largest absolute Gasteiger partial charge is 0.493 e. The molecule has 122 valence electrons. The molecule has 1 aromatic carbocycles. The molecule has 6 nitrogen and oxygen atoms in total. The molecule has 0 heterocycles. The molecule has 1 rings (SSSR count). The van der Waals surface area contributed by atoms with Crippen LogP contribution in [0.3, 0.4) is 0 Å². The highest BCUT2D eigenvalue weighted by molar-refractivity contribution is 5.97. The third-order valence-electron chi connectivity index (χ3n) is 3.50. The first-order valence-corrected chi connectivity index (χ1v) is 7.03. The molecule has 0 fully saturated rings. The molecule has 22 heavy (non-hydrogen) atoms. The van der Waals surface area contributed by atoms with Gasteiger partial charge in [-0.05, 0) is 37.5 Å². The van der Waals surface area contributed by atoms with Crippen molar-refractivity contribution in [3.63, 3.8) is 0 Å². The second kappa shape index (κ2) is 8.38. The first-order valence-electron chi connectivity index (χ1n) is 7.03. The van der Waals surface area contributed by atoms with E-state index in [4.69, 9.17) is 14.6 Å². The number of hydrogen-bond acceptors (Lipinski definition) is 5. The Kier molecular flexibility index (Phi) is 6.85. The number of carbonyl (C=O) groups excluding carboxylic acids is 1. The van der Waals surface area contributed by atoms with Gasteiger partial charge < -0.3 is 19.7 Å². The second-order valence-electron chi connectivity index (χ2n) is 5.11. The van der Waals surface area contributed by atoms with Crippen molar-refractivity contribution in [3.8, 4) is 11.5 Å². The van der Waals surface area contributed by atoms with Crippen LogP contribution in [0.4, 0.5) is 0 Å². The van der Waals surface area contributed by atoms with Crippen molar-refractivity contribution in [1.29, 1.82) is 0 Å². The summed E-state index contributed by atoms with van der Waals surface area (Å²) in [4.78, 5) is 22.3. The van der Waals surface area contributed by atoms with E-state index in [0.29, 0.717) is 24.3 Å². The van der Waals surface area contributed by atoms with Crippen LogP contribution in [0.25, 0.3) is 0 Å². The Labute approximate surface area is 129 Å². The number of aliphatic carboxylic acids is 1. The lowest BCUT2D eigenvalue weighted by molar-refractivity contribution is -0.146. The summed E-state index contributed by atoms with van der Waals surface area (Å²) in [6, 6.07) is 5.45. The molecule has 2 unspecified atom stereocenters. The lowest BCUT2D eigenvalue weighted by Crippen LogP contribution is -2.25. The number of benzene rings is 1. The SMILES string of the molecule is COc1ccc(CCC(O)CC(=O)C(C)C(=O)O)cc1OC. The number of rotatable bonds is 9. The summed E-state index contributed by atoms with van der Waals surface area (Å²) in [5.74, 6) is -1.50. The molecule has 0 radical (unpaired) electrons. The van der Waals surface area contributed by atoms with E-state index < -0.39 is 23.8 Å². The summed E-state index contributed by atoms with van der Waals surface area (Å²) in [6.07, 6.45) is -0.0905. The quantitative estimate of drug-likeness (QED) is 0.674. The zero-order valence-electron chi connectivity index (χ0n) is 13.0. The summed E-state index contributed by atoms with van der Waals surface area (Å²) in [7, 11) is 3.10. The predicted octanol–water partition coefficient (Wildman–Crippen LogP) is 1.68. The van der Waals surface area contributed by atoms with Gasteiger partial charge in [-0.2, -0.15) is 0 Å². The van der Waals surface area contributed by atoms with Crippen LogP contribution in [-0.4, -0.2) is 42.3 Å². The Morgan fingerprint density at radius 1 is 1.18 bits per heavy atom. The minimum Gasteiger partial charge on any atom is -0.493 e. The number of Topliss-reactive ketones (excluding diaryl/α,β-unsaturated/α-hetero) is 1. The Hall–Kier alpha value is -2.08. The summed E-state index contributed by atoms with van der Waals surface area (Å²) in [5, 5.41) is 18.6. The highest BCUT2D eigenvalue weighted by Crippen LogP contribution is 2.28. The number of carboxylic acids is 1. The summed E-state index contributed by atoms with van der Waals surface area (Å²) in [6.45, 7) is 1.33. The monoisotopic (exact) mass is 310 g/mol. The molecule has 0 bridgehead atoms. The Bertz CT molecular complexity index is 525. The minimum atomic E-state index is -1.17. The number of methoxy groups -OCH3 is 2. The van der Waals surface area contributed by atoms with Gasteiger partial charge in [0.1, 0.15) is 11.7 Å². The van der Waals surface area contributed by atoms with Crippen molar-refractivity contribution in [3.05, 3.63) is 23.8 Å². The van der Waals surface area contributed by atoms with Gasteiger partial charge in [-0.3, -0.25) is 9.59 Å². The van der Waals surface area contributed by atoms with Gasteiger partial charge in [0, 0.05) is 6.42 Å². The van der Waals surface area contributed by atoms with E-state index in [1.165, 1.54) is 6.92 Å². The molecule has 6 heteroatoms. The van der Waals surface area contributed by atoms with Crippen molar-refractivity contribution in [1.82, 2.24) is 0 Å². The van der Waals surface area contributed by atoms with Crippen LogP contribution >= 0.6 is 0 Å². The van der Waals surface area contributed by atoms with E-state index in [1.807, 2.05) is 12.1 Å². The number of carboxylic acid groups (broad SMARTS) is 1.